The molecule has 0 saturated heterocycles. The molecule has 0 fully saturated rings. The Morgan fingerprint density at radius 3 is 2.83 bits per heavy atom. The number of amides is 1. The molecular weight excluding hydrogens is 306 g/mol. The van der Waals surface area contributed by atoms with Crippen molar-refractivity contribution in [1.82, 2.24) is 4.90 Å². The molecule has 0 bridgehead atoms. The van der Waals surface area contributed by atoms with Crippen molar-refractivity contribution in [1.29, 1.82) is 5.26 Å². The van der Waals surface area contributed by atoms with E-state index in [4.69, 9.17) is 0 Å². The third-order valence-corrected chi connectivity index (χ3v) is 5.61. The van der Waals surface area contributed by atoms with E-state index >= 15 is 0 Å². The first-order chi connectivity index (χ1) is 11.2. The molecule has 23 heavy (non-hydrogen) atoms. The maximum absolute atomic E-state index is 12.2. The van der Waals surface area contributed by atoms with Gasteiger partial charge in [0.05, 0.1) is 5.56 Å². The molecule has 1 aliphatic carbocycles. The highest BCUT2D eigenvalue weighted by Gasteiger charge is 2.20. The van der Waals surface area contributed by atoms with E-state index in [9.17, 15) is 10.1 Å². The van der Waals surface area contributed by atoms with Gasteiger partial charge in [0.15, 0.2) is 0 Å². The zero-order valence-electron chi connectivity index (χ0n) is 14.3. The number of rotatable bonds is 7. The van der Waals surface area contributed by atoms with Gasteiger partial charge in [-0.2, -0.15) is 5.26 Å². The Labute approximate surface area is 143 Å². The number of anilines is 1. The van der Waals surface area contributed by atoms with Gasteiger partial charge in [0.2, 0.25) is 5.91 Å². The molecule has 1 amide bonds. The van der Waals surface area contributed by atoms with Crippen LogP contribution in [0.3, 0.4) is 0 Å². The number of aryl methyl sites for hydroxylation is 1. The standard InChI is InChI=1S/C18H27N3OS/c1-3-4-11-21(2)12-10-17(22)20-18-15(13-19)14-8-6-5-7-9-16(14)23-18/h3-12H2,1-2H3,(H,20,22). The fraction of sp³-hybridized carbons (Fsp3) is 0.667. The monoisotopic (exact) mass is 333 g/mol. The van der Waals surface area contributed by atoms with Crippen molar-refractivity contribution in [2.75, 3.05) is 25.5 Å². The maximum Gasteiger partial charge on any atom is 0.226 e. The number of nitrogens with one attached hydrogen (secondary N) is 1. The van der Waals surface area contributed by atoms with Gasteiger partial charge in [0.25, 0.3) is 0 Å². The zero-order valence-corrected chi connectivity index (χ0v) is 15.1. The van der Waals surface area contributed by atoms with E-state index in [-0.39, 0.29) is 5.91 Å². The Hall–Kier alpha value is -1.38. The van der Waals surface area contributed by atoms with E-state index in [1.807, 2.05) is 0 Å². The first-order valence-electron chi connectivity index (χ1n) is 8.68. The fourth-order valence-corrected chi connectivity index (χ4v) is 4.23. The van der Waals surface area contributed by atoms with Crippen LogP contribution in [-0.2, 0) is 17.6 Å². The number of unbranched alkanes of at least 4 members (excludes halogenated alkanes) is 1. The van der Waals surface area contributed by atoms with Crippen LogP contribution in [-0.4, -0.2) is 30.9 Å². The lowest BCUT2D eigenvalue weighted by Crippen LogP contribution is -2.25. The molecule has 1 aromatic heterocycles. The highest BCUT2D eigenvalue weighted by atomic mass is 32.1. The Kier molecular flexibility index (Phi) is 7.07. The smallest absolute Gasteiger partial charge is 0.226 e. The molecule has 0 atom stereocenters. The van der Waals surface area contributed by atoms with Crippen molar-refractivity contribution < 1.29 is 4.79 Å². The minimum Gasteiger partial charge on any atom is -0.317 e. The van der Waals surface area contributed by atoms with Crippen LogP contribution < -0.4 is 5.32 Å². The van der Waals surface area contributed by atoms with Crippen molar-refractivity contribution in [2.45, 2.75) is 58.3 Å². The Balaban J connectivity index is 1.95. The molecule has 0 aliphatic heterocycles. The van der Waals surface area contributed by atoms with Crippen LogP contribution in [0, 0.1) is 11.3 Å². The van der Waals surface area contributed by atoms with Crippen molar-refractivity contribution in [3.05, 3.63) is 16.0 Å². The molecule has 0 saturated carbocycles. The van der Waals surface area contributed by atoms with Crippen LogP contribution in [0.4, 0.5) is 5.00 Å². The lowest BCUT2D eigenvalue weighted by atomic mass is 10.1. The Morgan fingerprint density at radius 2 is 2.09 bits per heavy atom. The van der Waals surface area contributed by atoms with Gasteiger partial charge in [-0.3, -0.25) is 4.79 Å². The number of carbonyl (C=O) groups excluding carboxylic acids is 1. The van der Waals surface area contributed by atoms with Crippen LogP contribution in [0.1, 0.15) is 61.5 Å². The van der Waals surface area contributed by atoms with E-state index in [0.717, 1.165) is 43.8 Å². The summed E-state index contributed by atoms with van der Waals surface area (Å²) in [7, 11) is 2.05. The minimum atomic E-state index is 0.0151. The number of nitrogens with zero attached hydrogens (tertiary/aromatic N) is 2. The van der Waals surface area contributed by atoms with Gasteiger partial charge in [-0.25, -0.2) is 0 Å². The van der Waals surface area contributed by atoms with Crippen LogP contribution in [0.25, 0.3) is 0 Å². The molecule has 4 nitrogen and oxygen atoms in total. The van der Waals surface area contributed by atoms with E-state index < -0.39 is 0 Å². The molecule has 0 aromatic carbocycles. The summed E-state index contributed by atoms with van der Waals surface area (Å²) < 4.78 is 0. The summed E-state index contributed by atoms with van der Waals surface area (Å²) in [5.41, 5.74) is 1.89. The fourth-order valence-electron chi connectivity index (χ4n) is 2.97. The molecule has 0 radical (unpaired) electrons. The summed E-state index contributed by atoms with van der Waals surface area (Å²) in [6.07, 6.45) is 8.40. The lowest BCUT2D eigenvalue weighted by Gasteiger charge is -2.15. The zero-order chi connectivity index (χ0) is 16.7. The van der Waals surface area contributed by atoms with Crippen LogP contribution >= 0.6 is 11.3 Å². The van der Waals surface area contributed by atoms with E-state index in [0.29, 0.717) is 12.0 Å². The molecule has 5 heteroatoms. The number of hydrogen-bond acceptors (Lipinski definition) is 4. The second-order valence-corrected chi connectivity index (χ2v) is 7.44. The summed E-state index contributed by atoms with van der Waals surface area (Å²) in [6.45, 7) is 3.96. The third kappa shape index (κ3) is 5.05. The predicted molar refractivity (Wildman–Crippen MR) is 95.9 cm³/mol. The molecule has 0 unspecified atom stereocenters. The summed E-state index contributed by atoms with van der Waals surface area (Å²) in [5.74, 6) is 0.0151. The highest BCUT2D eigenvalue weighted by Crippen LogP contribution is 2.36. The second kappa shape index (κ2) is 9.05. The number of carbonyl (C=O) groups is 1. The van der Waals surface area contributed by atoms with Gasteiger partial charge < -0.3 is 10.2 Å². The first-order valence-corrected chi connectivity index (χ1v) is 9.50. The second-order valence-electron chi connectivity index (χ2n) is 6.34. The van der Waals surface area contributed by atoms with E-state index in [2.05, 4.69) is 30.3 Å². The van der Waals surface area contributed by atoms with Gasteiger partial charge in [0, 0.05) is 17.8 Å². The number of hydrogen-bond donors (Lipinski definition) is 1. The minimum absolute atomic E-state index is 0.0151. The van der Waals surface area contributed by atoms with Crippen LogP contribution in [0.2, 0.25) is 0 Å². The Morgan fingerprint density at radius 1 is 1.30 bits per heavy atom. The average molecular weight is 334 g/mol. The quantitative estimate of drug-likeness (QED) is 0.769. The molecule has 1 aromatic rings. The van der Waals surface area contributed by atoms with Crippen molar-refractivity contribution in [3.63, 3.8) is 0 Å². The Bertz CT molecular complexity index is 574. The SMILES string of the molecule is CCCCN(C)CCC(=O)Nc1sc2c(c1C#N)CCCCC2. The van der Waals surface area contributed by atoms with E-state index in [1.165, 1.54) is 29.7 Å². The van der Waals surface area contributed by atoms with Gasteiger partial charge in [-0.05, 0) is 51.3 Å². The third-order valence-electron chi connectivity index (χ3n) is 4.40. The normalized spacial score (nSPS) is 14.2. The highest BCUT2D eigenvalue weighted by molar-refractivity contribution is 7.16. The number of fused-ring (bicyclic) bond motifs is 1. The molecule has 1 aliphatic rings. The molecule has 126 valence electrons. The average Bonchev–Trinajstić information content (AvgIpc) is 2.70. The van der Waals surface area contributed by atoms with E-state index in [1.54, 1.807) is 11.3 Å². The topological polar surface area (TPSA) is 56.1 Å². The summed E-state index contributed by atoms with van der Waals surface area (Å²) >= 11 is 1.61. The maximum atomic E-state index is 12.2. The first kappa shape index (κ1) is 18.0. The van der Waals surface area contributed by atoms with Gasteiger partial charge in [0.1, 0.15) is 11.1 Å². The van der Waals surface area contributed by atoms with Crippen molar-refractivity contribution >= 4 is 22.2 Å². The van der Waals surface area contributed by atoms with Gasteiger partial charge in [-0.1, -0.05) is 19.8 Å². The molecule has 1 N–H and O–H groups in total. The molecule has 1 heterocycles. The summed E-state index contributed by atoms with van der Waals surface area (Å²) in [5, 5.41) is 13.2. The summed E-state index contributed by atoms with van der Waals surface area (Å²) in [4.78, 5) is 15.7. The summed E-state index contributed by atoms with van der Waals surface area (Å²) in [6, 6.07) is 2.31. The lowest BCUT2D eigenvalue weighted by molar-refractivity contribution is -0.116. The molecular formula is C18H27N3OS. The molecule has 2 rings (SSSR count). The number of thiophene rings is 1. The van der Waals surface area contributed by atoms with Crippen molar-refractivity contribution in [3.8, 4) is 6.07 Å². The predicted octanol–water partition coefficient (Wildman–Crippen LogP) is 3.95. The van der Waals surface area contributed by atoms with Gasteiger partial charge in [-0.15, -0.1) is 11.3 Å². The largest absolute Gasteiger partial charge is 0.317 e. The van der Waals surface area contributed by atoms with Crippen LogP contribution in [0.5, 0.6) is 0 Å². The van der Waals surface area contributed by atoms with Gasteiger partial charge >= 0.3 is 0 Å². The number of nitriles is 1. The molecule has 0 spiro atoms. The van der Waals surface area contributed by atoms with Crippen LogP contribution in [0.15, 0.2) is 0 Å². The van der Waals surface area contributed by atoms with Crippen molar-refractivity contribution in [2.24, 2.45) is 0 Å².